The van der Waals surface area contributed by atoms with Crippen LogP contribution in [0.4, 0.5) is 10.1 Å². The van der Waals surface area contributed by atoms with E-state index in [4.69, 9.17) is 4.42 Å². The third-order valence-electron chi connectivity index (χ3n) is 4.18. The Morgan fingerprint density at radius 3 is 2.35 bits per heavy atom. The largest absolute Gasteiger partial charge is 0.461 e. The molecular weight excluding hydrogens is 341 g/mol. The zero-order valence-electron chi connectivity index (χ0n) is 14.0. The average molecular weight is 359 g/mol. The summed E-state index contributed by atoms with van der Waals surface area (Å²) in [5, 5.41) is 2.32. The molecule has 1 saturated heterocycles. The Balaban J connectivity index is 1.45. The number of amides is 2. The molecule has 2 heterocycles. The van der Waals surface area contributed by atoms with E-state index < -0.39 is 11.7 Å². The van der Waals surface area contributed by atoms with Gasteiger partial charge in [-0.3, -0.25) is 14.4 Å². The molecule has 2 aromatic rings. The van der Waals surface area contributed by atoms with Crippen LogP contribution in [-0.2, 0) is 9.59 Å². The van der Waals surface area contributed by atoms with Crippen LogP contribution in [0.1, 0.15) is 10.6 Å². The topological polar surface area (TPSA) is 82.9 Å². The van der Waals surface area contributed by atoms with Gasteiger partial charge in [-0.05, 0) is 36.4 Å². The van der Waals surface area contributed by atoms with Crippen LogP contribution in [0, 0.1) is 5.82 Å². The molecule has 0 unspecified atom stereocenters. The highest BCUT2D eigenvalue weighted by Crippen LogP contribution is 2.16. The number of hydrogen-bond donors (Lipinski definition) is 1. The van der Waals surface area contributed by atoms with Crippen LogP contribution in [-0.4, -0.2) is 55.2 Å². The fourth-order valence-electron chi connectivity index (χ4n) is 2.73. The van der Waals surface area contributed by atoms with Crippen molar-refractivity contribution in [3.63, 3.8) is 0 Å². The standard InChI is InChI=1S/C18H18FN3O4/c19-13-3-5-14(6-4-13)21-7-9-22(10-8-21)16(23)12-20-18(25)17(24)15-2-1-11-26-15/h1-6,11H,7-10,12H2,(H,20,25). The van der Waals surface area contributed by atoms with Gasteiger partial charge < -0.3 is 19.5 Å². The molecule has 3 rings (SSSR count). The number of benzene rings is 1. The minimum absolute atomic E-state index is 0.0668. The van der Waals surface area contributed by atoms with Crippen LogP contribution in [0.15, 0.2) is 47.1 Å². The molecule has 0 aliphatic carbocycles. The van der Waals surface area contributed by atoms with Gasteiger partial charge in [-0.15, -0.1) is 0 Å². The number of halogens is 1. The summed E-state index contributed by atoms with van der Waals surface area (Å²) in [5.74, 6) is -2.31. The molecular formula is C18H18FN3O4. The van der Waals surface area contributed by atoms with E-state index in [1.807, 2.05) is 0 Å². The first kappa shape index (κ1) is 17.7. The van der Waals surface area contributed by atoms with Gasteiger partial charge in [0.15, 0.2) is 5.76 Å². The second-order valence-corrected chi connectivity index (χ2v) is 5.83. The van der Waals surface area contributed by atoms with Crippen LogP contribution in [0.2, 0.25) is 0 Å². The Kier molecular flexibility index (Phi) is 5.31. The van der Waals surface area contributed by atoms with E-state index in [1.165, 1.54) is 30.5 Å². The van der Waals surface area contributed by atoms with Crippen molar-refractivity contribution in [3.05, 3.63) is 54.2 Å². The fourth-order valence-corrected chi connectivity index (χ4v) is 2.73. The quantitative estimate of drug-likeness (QED) is 0.638. The molecule has 1 aromatic heterocycles. The maximum Gasteiger partial charge on any atom is 0.296 e. The zero-order chi connectivity index (χ0) is 18.5. The number of nitrogens with zero attached hydrogens (tertiary/aromatic N) is 2. The number of Topliss-reactive ketones (excluding diaryl/α,β-unsaturated/α-hetero) is 1. The van der Waals surface area contributed by atoms with Gasteiger partial charge in [0.05, 0.1) is 12.8 Å². The smallest absolute Gasteiger partial charge is 0.296 e. The molecule has 1 fully saturated rings. The van der Waals surface area contributed by atoms with Crippen molar-refractivity contribution < 1.29 is 23.2 Å². The minimum atomic E-state index is -0.877. The Hall–Kier alpha value is -3.16. The Bertz CT molecular complexity index is 781. The highest BCUT2D eigenvalue weighted by atomic mass is 19.1. The van der Waals surface area contributed by atoms with E-state index in [2.05, 4.69) is 10.2 Å². The molecule has 1 aromatic carbocycles. The summed E-state index contributed by atoms with van der Waals surface area (Å²) < 4.78 is 17.8. The first-order valence-electron chi connectivity index (χ1n) is 8.19. The van der Waals surface area contributed by atoms with Gasteiger partial charge in [-0.2, -0.15) is 0 Å². The maximum absolute atomic E-state index is 13.0. The van der Waals surface area contributed by atoms with Crippen molar-refractivity contribution >= 4 is 23.3 Å². The summed E-state index contributed by atoms with van der Waals surface area (Å²) in [5.41, 5.74) is 0.899. The summed E-state index contributed by atoms with van der Waals surface area (Å²) in [6.07, 6.45) is 1.30. The molecule has 26 heavy (non-hydrogen) atoms. The van der Waals surface area contributed by atoms with Crippen LogP contribution >= 0.6 is 0 Å². The van der Waals surface area contributed by atoms with Crippen molar-refractivity contribution in [1.82, 2.24) is 10.2 Å². The summed E-state index contributed by atoms with van der Waals surface area (Å²) in [4.78, 5) is 39.4. The van der Waals surface area contributed by atoms with Gasteiger partial charge in [0.2, 0.25) is 5.91 Å². The van der Waals surface area contributed by atoms with Crippen molar-refractivity contribution in [2.45, 2.75) is 0 Å². The lowest BCUT2D eigenvalue weighted by molar-refractivity contribution is -0.132. The molecule has 1 aliphatic rings. The van der Waals surface area contributed by atoms with E-state index in [-0.39, 0.29) is 24.0 Å². The lowest BCUT2D eigenvalue weighted by atomic mass is 10.2. The van der Waals surface area contributed by atoms with Crippen molar-refractivity contribution in [2.75, 3.05) is 37.6 Å². The van der Waals surface area contributed by atoms with Gasteiger partial charge in [0.25, 0.3) is 11.7 Å². The SMILES string of the molecule is O=C(NCC(=O)N1CCN(c2ccc(F)cc2)CC1)C(=O)c1ccco1. The summed E-state index contributed by atoms with van der Waals surface area (Å²) >= 11 is 0. The number of furan rings is 1. The number of carbonyl (C=O) groups excluding carboxylic acids is 3. The number of ketones is 1. The summed E-state index contributed by atoms with van der Waals surface area (Å²) in [7, 11) is 0. The first-order chi connectivity index (χ1) is 12.5. The van der Waals surface area contributed by atoms with Crippen molar-refractivity contribution in [2.24, 2.45) is 0 Å². The Morgan fingerprint density at radius 2 is 1.73 bits per heavy atom. The number of carbonyl (C=O) groups is 3. The van der Waals surface area contributed by atoms with E-state index >= 15 is 0 Å². The number of nitrogens with one attached hydrogen (secondary N) is 1. The van der Waals surface area contributed by atoms with Crippen LogP contribution < -0.4 is 10.2 Å². The lowest BCUT2D eigenvalue weighted by Gasteiger charge is -2.36. The highest BCUT2D eigenvalue weighted by Gasteiger charge is 2.23. The molecule has 0 bridgehead atoms. The zero-order valence-corrected chi connectivity index (χ0v) is 14.0. The van der Waals surface area contributed by atoms with E-state index in [0.29, 0.717) is 26.2 Å². The Morgan fingerprint density at radius 1 is 1.04 bits per heavy atom. The molecule has 136 valence electrons. The summed E-state index contributed by atoms with van der Waals surface area (Å²) in [6.45, 7) is 1.94. The molecule has 8 heteroatoms. The molecule has 1 aliphatic heterocycles. The third-order valence-corrected chi connectivity index (χ3v) is 4.18. The number of piperazine rings is 1. The fraction of sp³-hybridized carbons (Fsp3) is 0.278. The average Bonchev–Trinajstić information content (AvgIpc) is 3.20. The molecule has 0 atom stereocenters. The van der Waals surface area contributed by atoms with Crippen molar-refractivity contribution in [3.8, 4) is 0 Å². The lowest BCUT2D eigenvalue weighted by Crippen LogP contribution is -2.51. The monoisotopic (exact) mass is 359 g/mol. The van der Waals surface area contributed by atoms with Gasteiger partial charge in [0, 0.05) is 31.9 Å². The van der Waals surface area contributed by atoms with Gasteiger partial charge >= 0.3 is 0 Å². The predicted octanol–water partition coefficient (Wildman–Crippen LogP) is 1.07. The highest BCUT2D eigenvalue weighted by molar-refractivity contribution is 6.42. The second kappa shape index (κ2) is 7.81. The molecule has 2 amide bonds. The minimum Gasteiger partial charge on any atom is -0.461 e. The van der Waals surface area contributed by atoms with Gasteiger partial charge in [-0.25, -0.2) is 4.39 Å². The van der Waals surface area contributed by atoms with Crippen molar-refractivity contribution in [1.29, 1.82) is 0 Å². The maximum atomic E-state index is 13.0. The number of hydrogen-bond acceptors (Lipinski definition) is 5. The summed E-state index contributed by atoms with van der Waals surface area (Å²) in [6, 6.07) is 9.10. The normalized spacial score (nSPS) is 14.2. The Labute approximate surface area is 149 Å². The van der Waals surface area contributed by atoms with Crippen LogP contribution in [0.25, 0.3) is 0 Å². The van der Waals surface area contributed by atoms with Gasteiger partial charge in [0.1, 0.15) is 5.82 Å². The molecule has 0 saturated carbocycles. The predicted molar refractivity (Wildman–Crippen MR) is 91.2 cm³/mol. The van der Waals surface area contributed by atoms with Crippen LogP contribution in [0.5, 0.6) is 0 Å². The molecule has 0 radical (unpaired) electrons. The number of anilines is 1. The van der Waals surface area contributed by atoms with E-state index in [9.17, 15) is 18.8 Å². The van der Waals surface area contributed by atoms with Crippen LogP contribution in [0.3, 0.4) is 0 Å². The van der Waals surface area contributed by atoms with E-state index in [1.54, 1.807) is 17.0 Å². The molecule has 0 spiro atoms. The van der Waals surface area contributed by atoms with E-state index in [0.717, 1.165) is 5.69 Å². The number of rotatable bonds is 5. The molecule has 7 nitrogen and oxygen atoms in total. The second-order valence-electron chi connectivity index (χ2n) is 5.83. The third kappa shape index (κ3) is 4.08. The van der Waals surface area contributed by atoms with Gasteiger partial charge in [-0.1, -0.05) is 0 Å². The molecule has 1 N–H and O–H groups in total. The first-order valence-corrected chi connectivity index (χ1v) is 8.19.